The predicted molar refractivity (Wildman–Crippen MR) is 240 cm³/mol. The van der Waals surface area contributed by atoms with E-state index >= 15 is 0 Å². The Morgan fingerprint density at radius 2 is 0.930 bits per heavy atom. The Kier molecular flexibility index (Phi) is 8.65. The van der Waals surface area contributed by atoms with E-state index < -0.39 is 0 Å². The minimum absolute atomic E-state index is 0.503. The van der Waals surface area contributed by atoms with Crippen molar-refractivity contribution in [1.29, 1.82) is 0 Å². The van der Waals surface area contributed by atoms with Gasteiger partial charge >= 0.3 is 0 Å². The largest absolute Gasteiger partial charge is 0.309 e. The number of nitrogens with zero attached hydrogens (tertiary/aromatic N) is 5. The molecule has 10 aromatic rings. The van der Waals surface area contributed by atoms with Crippen LogP contribution in [0.5, 0.6) is 0 Å². The molecule has 0 N–H and O–H groups in total. The van der Waals surface area contributed by atoms with E-state index in [-0.39, 0.29) is 0 Å². The lowest BCUT2D eigenvalue weighted by Gasteiger charge is -2.10. The first kappa shape index (κ1) is 33.9. The summed E-state index contributed by atoms with van der Waals surface area (Å²) in [5.41, 5.74) is 12.0. The molecule has 0 aliphatic carbocycles. The van der Waals surface area contributed by atoms with E-state index in [0.717, 1.165) is 61.0 Å². The topological polar surface area (TPSA) is 46.9 Å². The van der Waals surface area contributed by atoms with E-state index in [9.17, 15) is 0 Å². The number of benzene rings is 8. The number of para-hydroxylation sites is 3. The minimum atomic E-state index is 0.503. The van der Waals surface area contributed by atoms with Crippen LogP contribution in [-0.2, 0) is 6.54 Å². The molecule has 0 aliphatic heterocycles. The van der Waals surface area contributed by atoms with Gasteiger partial charge in [-0.2, -0.15) is 0 Å². The summed E-state index contributed by atoms with van der Waals surface area (Å²) in [5.74, 6) is 1.13. The third-order valence-electron chi connectivity index (χ3n) is 10.7. The van der Waals surface area contributed by atoms with Crippen molar-refractivity contribution in [2.24, 2.45) is 15.0 Å². The first-order valence-corrected chi connectivity index (χ1v) is 19.2. The van der Waals surface area contributed by atoms with Crippen molar-refractivity contribution in [3.05, 3.63) is 217 Å². The lowest BCUT2D eigenvalue weighted by atomic mass is 10.0. The van der Waals surface area contributed by atoms with Crippen LogP contribution in [-0.4, -0.2) is 27.5 Å². The van der Waals surface area contributed by atoms with Crippen LogP contribution in [0.4, 0.5) is 0 Å². The summed E-state index contributed by atoms with van der Waals surface area (Å²) in [7, 11) is 0. The smallest absolute Gasteiger partial charge is 0.161 e. The number of hydrogen-bond acceptors (Lipinski definition) is 1. The summed E-state index contributed by atoms with van der Waals surface area (Å²) < 4.78 is 4.71. The van der Waals surface area contributed by atoms with E-state index in [1.807, 2.05) is 48.5 Å². The van der Waals surface area contributed by atoms with Crippen LogP contribution in [0, 0.1) is 0 Å². The number of aromatic nitrogens is 2. The molecule has 0 unspecified atom stereocenters. The molecule has 5 heteroatoms. The fourth-order valence-corrected chi connectivity index (χ4v) is 8.02. The normalized spacial score (nSPS) is 12.2. The molecule has 10 rings (SSSR count). The standard InChI is InChI=1S/C52H37N5/c1-53-51(55-52(37-18-8-3-9-19-37)54-35-36-16-6-2-7-17-36)40-28-31-49-46(33-40)45-32-38(27-30-48(45)56(49)41-20-10-4-11-21-41)39-26-29-44-43-24-14-15-25-47(43)57(50(44)34-39)42-22-12-5-13-23-42/h2-34H,1,35H2. The fraction of sp³-hybridized carbons (Fsp3) is 0.0192. The van der Waals surface area contributed by atoms with Crippen LogP contribution in [0.1, 0.15) is 16.7 Å². The van der Waals surface area contributed by atoms with Crippen LogP contribution < -0.4 is 0 Å². The Labute approximate surface area is 330 Å². The molecule has 0 fully saturated rings. The van der Waals surface area contributed by atoms with Gasteiger partial charge in [0.1, 0.15) is 0 Å². The number of amidine groups is 2. The molecule has 0 spiro atoms. The molecule has 0 amide bonds. The van der Waals surface area contributed by atoms with Gasteiger partial charge in [0.2, 0.25) is 0 Å². The fourth-order valence-electron chi connectivity index (χ4n) is 8.02. The molecule has 57 heavy (non-hydrogen) atoms. The second-order valence-electron chi connectivity index (χ2n) is 14.1. The van der Waals surface area contributed by atoms with Gasteiger partial charge in [-0.1, -0.05) is 133 Å². The molecule has 0 radical (unpaired) electrons. The van der Waals surface area contributed by atoms with E-state index in [1.165, 1.54) is 21.8 Å². The molecule has 0 saturated carbocycles. The molecule has 0 saturated heterocycles. The van der Waals surface area contributed by atoms with Gasteiger partial charge in [0.25, 0.3) is 0 Å². The predicted octanol–water partition coefficient (Wildman–Crippen LogP) is 12.6. The molecule has 2 heterocycles. The molecular weight excluding hydrogens is 695 g/mol. The van der Waals surface area contributed by atoms with Gasteiger partial charge in [0, 0.05) is 44.0 Å². The summed E-state index contributed by atoms with van der Waals surface area (Å²) in [4.78, 5) is 14.5. The Bertz CT molecular complexity index is 3140. The molecule has 270 valence electrons. The average molecular weight is 732 g/mol. The zero-order chi connectivity index (χ0) is 38.1. The highest BCUT2D eigenvalue weighted by Gasteiger charge is 2.18. The van der Waals surface area contributed by atoms with Gasteiger partial charge in [-0.3, -0.25) is 4.99 Å². The lowest BCUT2D eigenvalue weighted by molar-refractivity contribution is 1.06. The molecule has 0 aliphatic rings. The van der Waals surface area contributed by atoms with Crippen LogP contribution in [0.3, 0.4) is 0 Å². The molecule has 0 bridgehead atoms. The van der Waals surface area contributed by atoms with E-state index in [1.54, 1.807) is 0 Å². The van der Waals surface area contributed by atoms with Crippen molar-refractivity contribution in [2.45, 2.75) is 6.54 Å². The van der Waals surface area contributed by atoms with Crippen molar-refractivity contribution in [1.82, 2.24) is 9.13 Å². The molecule has 8 aromatic carbocycles. The van der Waals surface area contributed by atoms with E-state index in [0.29, 0.717) is 18.2 Å². The zero-order valence-corrected chi connectivity index (χ0v) is 31.2. The third-order valence-corrected chi connectivity index (χ3v) is 10.7. The van der Waals surface area contributed by atoms with Crippen LogP contribution in [0.25, 0.3) is 66.1 Å². The van der Waals surface area contributed by atoms with Crippen LogP contribution in [0.2, 0.25) is 0 Å². The molecular formula is C52H37N5. The SMILES string of the molecule is C=NC(=NC(=NCc1ccccc1)c1ccccc1)c1ccc2c(c1)c1cc(-c3ccc4c5ccccc5n(-c5ccccc5)c4c3)ccc1n2-c1ccccc1. The van der Waals surface area contributed by atoms with Crippen molar-refractivity contribution < 1.29 is 0 Å². The number of rotatable bonds is 7. The van der Waals surface area contributed by atoms with Crippen molar-refractivity contribution in [2.75, 3.05) is 0 Å². The van der Waals surface area contributed by atoms with E-state index in [4.69, 9.17) is 9.98 Å². The maximum absolute atomic E-state index is 5.08. The van der Waals surface area contributed by atoms with Crippen molar-refractivity contribution >= 4 is 62.0 Å². The first-order valence-electron chi connectivity index (χ1n) is 19.2. The molecule has 2 aromatic heterocycles. The Morgan fingerprint density at radius 1 is 0.404 bits per heavy atom. The zero-order valence-electron chi connectivity index (χ0n) is 31.2. The molecule has 0 atom stereocenters. The summed E-state index contributed by atoms with van der Waals surface area (Å²) in [6, 6.07) is 70.2. The average Bonchev–Trinajstić information content (AvgIpc) is 3.79. The second-order valence-corrected chi connectivity index (χ2v) is 14.1. The van der Waals surface area contributed by atoms with Gasteiger partial charge in [-0.05, 0) is 90.1 Å². The Morgan fingerprint density at radius 3 is 1.63 bits per heavy atom. The Balaban J connectivity index is 1.15. The maximum atomic E-state index is 5.08. The van der Waals surface area contributed by atoms with Gasteiger partial charge in [-0.15, -0.1) is 0 Å². The minimum Gasteiger partial charge on any atom is -0.309 e. The van der Waals surface area contributed by atoms with Gasteiger partial charge in [0.15, 0.2) is 11.7 Å². The van der Waals surface area contributed by atoms with Crippen LogP contribution >= 0.6 is 0 Å². The Hall–Kier alpha value is -7.63. The number of fused-ring (bicyclic) bond motifs is 6. The van der Waals surface area contributed by atoms with Crippen molar-refractivity contribution in [3.63, 3.8) is 0 Å². The highest BCUT2D eigenvalue weighted by molar-refractivity contribution is 6.17. The monoisotopic (exact) mass is 731 g/mol. The van der Waals surface area contributed by atoms with Crippen LogP contribution in [0.15, 0.2) is 215 Å². The van der Waals surface area contributed by atoms with Gasteiger partial charge in [0.05, 0.1) is 28.6 Å². The molecule has 5 nitrogen and oxygen atoms in total. The first-order chi connectivity index (χ1) is 28.2. The highest BCUT2D eigenvalue weighted by atomic mass is 15.0. The summed E-state index contributed by atoms with van der Waals surface area (Å²) in [6.07, 6.45) is 0. The highest BCUT2D eigenvalue weighted by Crippen LogP contribution is 2.38. The number of hydrogen-bond donors (Lipinski definition) is 0. The quantitative estimate of drug-likeness (QED) is 0.116. The second kappa shape index (κ2) is 14.5. The van der Waals surface area contributed by atoms with Gasteiger partial charge < -0.3 is 9.13 Å². The summed E-state index contributed by atoms with van der Waals surface area (Å²) in [6.45, 7) is 4.48. The third kappa shape index (κ3) is 6.21. The number of aliphatic imine (C=N–C) groups is 3. The summed E-state index contributed by atoms with van der Waals surface area (Å²) >= 11 is 0. The van der Waals surface area contributed by atoms with E-state index in [2.05, 4.69) is 173 Å². The van der Waals surface area contributed by atoms with Crippen molar-refractivity contribution in [3.8, 4) is 22.5 Å². The maximum Gasteiger partial charge on any atom is 0.161 e. The summed E-state index contributed by atoms with van der Waals surface area (Å²) in [5, 5.41) is 4.72. The van der Waals surface area contributed by atoms with Gasteiger partial charge in [-0.25, -0.2) is 9.98 Å². The lowest BCUT2D eigenvalue weighted by Crippen LogP contribution is -2.05.